The van der Waals surface area contributed by atoms with Gasteiger partial charge in [-0.3, -0.25) is 0 Å². The maximum absolute atomic E-state index is 12.9. The van der Waals surface area contributed by atoms with Gasteiger partial charge in [0.05, 0.1) is 0 Å². The van der Waals surface area contributed by atoms with Gasteiger partial charge in [0.1, 0.15) is 11.5 Å². The van der Waals surface area contributed by atoms with Crippen molar-refractivity contribution in [2.75, 3.05) is 0 Å². The van der Waals surface area contributed by atoms with E-state index in [-0.39, 0.29) is 0 Å². The minimum atomic E-state index is -2.71. The standard InChI is InChI=1S/C28H43O3P/c1-5-9-15-23(7-3)21-25-17-11-13-19-27(25)30-32(29)31-28-20-14-12-18-26(28)22-24(8-4)16-10-6-2/h11-14,17-20,23-24,32H,5-10,15-16,21-22H2,1-4H3. The van der Waals surface area contributed by atoms with Gasteiger partial charge in [-0.2, -0.15) is 0 Å². The Labute approximate surface area is 196 Å². The molecule has 0 N–H and O–H groups in total. The van der Waals surface area contributed by atoms with Crippen molar-refractivity contribution in [2.24, 2.45) is 11.8 Å². The Morgan fingerprint density at radius 3 is 1.47 bits per heavy atom. The van der Waals surface area contributed by atoms with Crippen molar-refractivity contribution < 1.29 is 13.6 Å². The first-order valence-corrected chi connectivity index (χ1v) is 13.9. The molecular formula is C28H43O3P. The van der Waals surface area contributed by atoms with E-state index >= 15 is 0 Å². The highest BCUT2D eigenvalue weighted by Gasteiger charge is 2.16. The molecule has 0 aliphatic rings. The van der Waals surface area contributed by atoms with Gasteiger partial charge in [0, 0.05) is 0 Å². The summed E-state index contributed by atoms with van der Waals surface area (Å²) in [5, 5.41) is 0. The van der Waals surface area contributed by atoms with Gasteiger partial charge in [-0.25, -0.2) is 4.57 Å². The molecule has 0 radical (unpaired) electrons. The number of hydrogen-bond acceptors (Lipinski definition) is 3. The van der Waals surface area contributed by atoms with Crippen molar-refractivity contribution in [3.8, 4) is 11.5 Å². The lowest BCUT2D eigenvalue weighted by Gasteiger charge is -2.19. The molecule has 2 rings (SSSR count). The first-order valence-electron chi connectivity index (χ1n) is 12.7. The largest absolute Gasteiger partial charge is 0.418 e. The van der Waals surface area contributed by atoms with Gasteiger partial charge in [-0.1, -0.05) is 115 Å². The van der Waals surface area contributed by atoms with E-state index in [4.69, 9.17) is 9.05 Å². The molecule has 0 heterocycles. The van der Waals surface area contributed by atoms with Crippen LogP contribution in [0.15, 0.2) is 48.5 Å². The summed E-state index contributed by atoms with van der Waals surface area (Å²) in [6.07, 6.45) is 11.5. The van der Waals surface area contributed by atoms with E-state index in [1.165, 1.54) is 38.5 Å². The predicted molar refractivity (Wildman–Crippen MR) is 137 cm³/mol. The Balaban J connectivity index is 2.06. The normalized spacial score (nSPS) is 14.0. The molecule has 2 aromatic rings. The lowest BCUT2D eigenvalue weighted by molar-refractivity contribution is 0.400. The predicted octanol–water partition coefficient (Wildman–Crippen LogP) is 9.05. The maximum atomic E-state index is 12.9. The zero-order valence-corrected chi connectivity index (χ0v) is 21.6. The Morgan fingerprint density at radius 1 is 0.688 bits per heavy atom. The molecule has 0 bridgehead atoms. The molecule has 3 nitrogen and oxygen atoms in total. The maximum Gasteiger partial charge on any atom is 0.418 e. The number of para-hydroxylation sites is 2. The summed E-state index contributed by atoms with van der Waals surface area (Å²) in [5.74, 6) is 2.63. The van der Waals surface area contributed by atoms with Crippen molar-refractivity contribution in [1.82, 2.24) is 0 Å². The van der Waals surface area contributed by atoms with E-state index in [2.05, 4.69) is 39.8 Å². The van der Waals surface area contributed by atoms with Crippen LogP contribution in [0, 0.1) is 11.8 Å². The summed E-state index contributed by atoms with van der Waals surface area (Å²) >= 11 is 0. The van der Waals surface area contributed by atoms with Crippen molar-refractivity contribution in [3.63, 3.8) is 0 Å². The van der Waals surface area contributed by atoms with Gasteiger partial charge in [0.2, 0.25) is 0 Å². The number of rotatable bonds is 16. The molecule has 0 fully saturated rings. The molecule has 178 valence electrons. The quantitative estimate of drug-likeness (QED) is 0.235. The van der Waals surface area contributed by atoms with Crippen LogP contribution in [0.4, 0.5) is 0 Å². The van der Waals surface area contributed by atoms with Gasteiger partial charge >= 0.3 is 8.25 Å². The van der Waals surface area contributed by atoms with Crippen molar-refractivity contribution >= 4 is 8.25 Å². The van der Waals surface area contributed by atoms with Crippen LogP contribution in [0.2, 0.25) is 0 Å². The van der Waals surface area contributed by atoms with Gasteiger partial charge in [0.15, 0.2) is 0 Å². The van der Waals surface area contributed by atoms with Crippen LogP contribution < -0.4 is 9.05 Å². The molecule has 0 amide bonds. The highest BCUT2D eigenvalue weighted by molar-refractivity contribution is 7.34. The van der Waals surface area contributed by atoms with E-state index in [1.807, 2.05) is 36.4 Å². The molecule has 4 heteroatoms. The zero-order valence-electron chi connectivity index (χ0n) is 20.6. The monoisotopic (exact) mass is 458 g/mol. The number of hydrogen-bond donors (Lipinski definition) is 0. The lowest BCUT2D eigenvalue weighted by Crippen LogP contribution is -2.06. The van der Waals surface area contributed by atoms with E-state index in [0.717, 1.165) is 36.8 Å². The fourth-order valence-electron chi connectivity index (χ4n) is 4.25. The molecule has 0 saturated carbocycles. The van der Waals surface area contributed by atoms with Crippen molar-refractivity contribution in [2.45, 2.75) is 91.9 Å². The fraction of sp³-hybridized carbons (Fsp3) is 0.571. The van der Waals surface area contributed by atoms with E-state index in [9.17, 15) is 4.57 Å². The van der Waals surface area contributed by atoms with Crippen molar-refractivity contribution in [3.05, 3.63) is 59.7 Å². The molecular weight excluding hydrogens is 415 g/mol. The zero-order chi connectivity index (χ0) is 23.2. The van der Waals surface area contributed by atoms with Crippen LogP contribution >= 0.6 is 8.25 Å². The summed E-state index contributed by atoms with van der Waals surface area (Å²) < 4.78 is 24.6. The lowest BCUT2D eigenvalue weighted by atomic mass is 9.92. The topological polar surface area (TPSA) is 35.5 Å². The third-order valence-corrected chi connectivity index (χ3v) is 7.21. The number of benzene rings is 2. The third-order valence-electron chi connectivity index (χ3n) is 6.44. The van der Waals surface area contributed by atoms with Crippen LogP contribution in [0.1, 0.15) is 90.2 Å². The smallest absolute Gasteiger partial charge is 0.418 e. The summed E-state index contributed by atoms with van der Waals surface area (Å²) in [6, 6.07) is 15.9. The number of unbranched alkanes of at least 4 members (excludes halogenated alkanes) is 2. The fourth-order valence-corrected chi connectivity index (χ4v) is 5.05. The Bertz CT molecular complexity index is 739. The summed E-state index contributed by atoms with van der Waals surface area (Å²) in [5.41, 5.74) is 2.24. The molecule has 0 aliphatic carbocycles. The average Bonchev–Trinajstić information content (AvgIpc) is 2.81. The minimum Gasteiger partial charge on any atom is -0.418 e. The summed E-state index contributed by atoms with van der Waals surface area (Å²) in [6.45, 7) is 8.96. The SMILES string of the molecule is CCCCC(CC)Cc1ccccc1O[PH](=O)Oc1ccccc1CC(CC)CCCC. The second-order valence-corrected chi connectivity index (χ2v) is 9.82. The molecule has 2 atom stereocenters. The van der Waals surface area contributed by atoms with E-state index in [1.54, 1.807) is 0 Å². The van der Waals surface area contributed by atoms with E-state index < -0.39 is 8.25 Å². The van der Waals surface area contributed by atoms with Gasteiger partial charge in [0.25, 0.3) is 0 Å². The van der Waals surface area contributed by atoms with Crippen LogP contribution in [0.5, 0.6) is 11.5 Å². The average molecular weight is 459 g/mol. The molecule has 0 saturated heterocycles. The molecule has 0 aliphatic heterocycles. The Kier molecular flexibility index (Phi) is 12.6. The Morgan fingerprint density at radius 2 is 1.09 bits per heavy atom. The third kappa shape index (κ3) is 9.02. The second-order valence-electron chi connectivity index (χ2n) is 8.91. The minimum absolute atomic E-state index is 0.623. The second kappa shape index (κ2) is 15.2. The van der Waals surface area contributed by atoms with Gasteiger partial charge < -0.3 is 9.05 Å². The summed E-state index contributed by atoms with van der Waals surface area (Å²) in [7, 11) is -2.71. The highest BCUT2D eigenvalue weighted by atomic mass is 31.1. The Hall–Kier alpha value is -1.73. The van der Waals surface area contributed by atoms with Crippen molar-refractivity contribution in [1.29, 1.82) is 0 Å². The molecule has 32 heavy (non-hydrogen) atoms. The van der Waals surface area contributed by atoms with Crippen LogP contribution in [0.3, 0.4) is 0 Å². The molecule has 2 unspecified atom stereocenters. The first kappa shape index (κ1) is 26.5. The van der Waals surface area contributed by atoms with Crippen LogP contribution in [0.25, 0.3) is 0 Å². The van der Waals surface area contributed by atoms with Crippen LogP contribution in [-0.4, -0.2) is 0 Å². The molecule has 0 spiro atoms. The van der Waals surface area contributed by atoms with Gasteiger partial charge in [-0.05, 0) is 47.9 Å². The van der Waals surface area contributed by atoms with E-state index in [0.29, 0.717) is 23.3 Å². The summed E-state index contributed by atoms with van der Waals surface area (Å²) in [4.78, 5) is 0. The van der Waals surface area contributed by atoms with Gasteiger partial charge in [-0.15, -0.1) is 0 Å². The molecule has 2 aromatic carbocycles. The molecule has 0 aromatic heterocycles. The first-order chi connectivity index (χ1) is 15.6. The highest BCUT2D eigenvalue weighted by Crippen LogP contribution is 2.36. The van der Waals surface area contributed by atoms with Crippen LogP contribution in [-0.2, 0) is 17.4 Å².